The topological polar surface area (TPSA) is 52.9 Å². The van der Waals surface area contributed by atoms with Crippen molar-refractivity contribution >= 4 is 30.4 Å². The van der Waals surface area contributed by atoms with Crippen LogP contribution in [0.2, 0.25) is 0 Å². The monoisotopic (exact) mass is 297 g/mol. The molecule has 0 saturated carbocycles. The number of nitrogens with zero attached hydrogens (tertiary/aromatic N) is 1. The molecule has 0 unspecified atom stereocenters. The van der Waals surface area contributed by atoms with Gasteiger partial charge in [-0.3, -0.25) is 0 Å². The lowest BCUT2D eigenvalue weighted by atomic mass is 9.79. The molecule has 0 aliphatic rings. The van der Waals surface area contributed by atoms with Crippen molar-refractivity contribution in [3.63, 3.8) is 0 Å². The Morgan fingerprint density at radius 1 is 0.955 bits per heavy atom. The van der Waals surface area contributed by atoms with E-state index in [2.05, 4.69) is 0 Å². The fraction of sp³-hybridized carbons (Fsp3) is 0.176. The number of hydrogen-bond acceptors (Lipinski definition) is 4. The summed E-state index contributed by atoms with van der Waals surface area (Å²) in [7, 11) is 3.99. The maximum Gasteiger partial charge on any atom is 0.488 e. The molecule has 4 nitrogen and oxygen atoms in total. The summed E-state index contributed by atoms with van der Waals surface area (Å²) in [4.78, 5) is 1.93. The van der Waals surface area contributed by atoms with E-state index in [-0.39, 0.29) is 0 Å². The molecule has 0 fully saturated rings. The summed E-state index contributed by atoms with van der Waals surface area (Å²) in [6, 6.07) is 13.2. The lowest BCUT2D eigenvalue weighted by Gasteiger charge is -2.15. The zero-order valence-electron chi connectivity index (χ0n) is 13.0. The van der Waals surface area contributed by atoms with E-state index in [1.807, 2.05) is 61.5 Å². The molecule has 0 aromatic heterocycles. The molecule has 0 amide bonds. The third-order valence-electron chi connectivity index (χ3n) is 3.36. The van der Waals surface area contributed by atoms with Crippen molar-refractivity contribution in [1.29, 1.82) is 0 Å². The van der Waals surface area contributed by atoms with Gasteiger partial charge in [-0.15, -0.1) is 0 Å². The second-order valence-electron chi connectivity index (χ2n) is 5.23. The van der Waals surface area contributed by atoms with Crippen LogP contribution in [0.4, 0.5) is 5.69 Å². The first-order chi connectivity index (χ1) is 10.5. The zero-order chi connectivity index (χ0) is 16.1. The Kier molecular flexibility index (Phi) is 5.25. The standard InChI is InChI=1S/C17H20BNO3/c1-19(2)16-11-14(10-15(12-16)18(20)21)5-4-13-6-8-17(22-3)9-7-13/h4-12,20-21H,1-3H3/b5-4+. The van der Waals surface area contributed by atoms with Crippen molar-refractivity contribution in [2.75, 3.05) is 26.1 Å². The third kappa shape index (κ3) is 4.13. The summed E-state index contributed by atoms with van der Waals surface area (Å²) >= 11 is 0. The van der Waals surface area contributed by atoms with Gasteiger partial charge in [0.15, 0.2) is 0 Å². The minimum absolute atomic E-state index is 0.473. The second-order valence-corrected chi connectivity index (χ2v) is 5.23. The molecular weight excluding hydrogens is 277 g/mol. The van der Waals surface area contributed by atoms with E-state index in [4.69, 9.17) is 4.74 Å². The first-order valence-electron chi connectivity index (χ1n) is 7.00. The Labute approximate surface area is 131 Å². The second kappa shape index (κ2) is 7.16. The molecule has 5 heteroatoms. The van der Waals surface area contributed by atoms with Crippen LogP contribution in [0.5, 0.6) is 5.75 Å². The summed E-state index contributed by atoms with van der Waals surface area (Å²) in [5.41, 5.74) is 3.34. The molecule has 2 aromatic rings. The van der Waals surface area contributed by atoms with Crippen LogP contribution in [0.3, 0.4) is 0 Å². The van der Waals surface area contributed by atoms with Crippen molar-refractivity contribution in [3.05, 3.63) is 53.6 Å². The van der Waals surface area contributed by atoms with Gasteiger partial charge in [0.25, 0.3) is 0 Å². The molecule has 22 heavy (non-hydrogen) atoms. The van der Waals surface area contributed by atoms with Gasteiger partial charge in [-0.2, -0.15) is 0 Å². The molecule has 0 saturated heterocycles. The summed E-state index contributed by atoms with van der Waals surface area (Å²) < 4.78 is 5.13. The van der Waals surface area contributed by atoms with Crippen molar-refractivity contribution in [1.82, 2.24) is 0 Å². The highest BCUT2D eigenvalue weighted by Crippen LogP contribution is 2.17. The highest BCUT2D eigenvalue weighted by atomic mass is 16.5. The Morgan fingerprint density at radius 3 is 2.14 bits per heavy atom. The van der Waals surface area contributed by atoms with Crippen LogP contribution in [-0.4, -0.2) is 38.4 Å². The predicted molar refractivity (Wildman–Crippen MR) is 92.5 cm³/mol. The lowest BCUT2D eigenvalue weighted by Crippen LogP contribution is -2.30. The molecule has 2 aromatic carbocycles. The van der Waals surface area contributed by atoms with Crippen LogP contribution in [0.15, 0.2) is 42.5 Å². The van der Waals surface area contributed by atoms with E-state index >= 15 is 0 Å². The Bertz CT molecular complexity index is 625. The van der Waals surface area contributed by atoms with E-state index < -0.39 is 7.12 Å². The van der Waals surface area contributed by atoms with Crippen molar-refractivity contribution in [2.24, 2.45) is 0 Å². The van der Waals surface area contributed by atoms with E-state index in [1.165, 1.54) is 0 Å². The summed E-state index contributed by atoms with van der Waals surface area (Å²) in [6.45, 7) is 0. The minimum Gasteiger partial charge on any atom is -0.497 e. The fourth-order valence-electron chi connectivity index (χ4n) is 2.07. The van der Waals surface area contributed by atoms with E-state index in [0.717, 1.165) is 22.6 Å². The maximum absolute atomic E-state index is 9.40. The molecule has 2 N–H and O–H groups in total. The Balaban J connectivity index is 2.28. The molecule has 114 valence electrons. The number of benzene rings is 2. The number of ether oxygens (including phenoxy) is 1. The molecule has 0 radical (unpaired) electrons. The van der Waals surface area contributed by atoms with Gasteiger partial charge in [-0.25, -0.2) is 0 Å². The van der Waals surface area contributed by atoms with Crippen molar-refractivity contribution in [3.8, 4) is 5.75 Å². The van der Waals surface area contributed by atoms with Gasteiger partial charge in [0, 0.05) is 19.8 Å². The van der Waals surface area contributed by atoms with Crippen LogP contribution in [0.25, 0.3) is 12.2 Å². The number of rotatable bonds is 5. The number of hydrogen-bond donors (Lipinski definition) is 2. The Morgan fingerprint density at radius 2 is 1.59 bits per heavy atom. The van der Waals surface area contributed by atoms with Crippen LogP contribution >= 0.6 is 0 Å². The number of methoxy groups -OCH3 is 1. The summed E-state index contributed by atoms with van der Waals surface area (Å²) in [5, 5.41) is 18.8. The maximum atomic E-state index is 9.40. The first kappa shape index (κ1) is 16.1. The average Bonchev–Trinajstić information content (AvgIpc) is 2.53. The van der Waals surface area contributed by atoms with Gasteiger partial charge < -0.3 is 19.7 Å². The smallest absolute Gasteiger partial charge is 0.488 e. The molecule has 0 aliphatic heterocycles. The number of anilines is 1. The molecule has 0 atom stereocenters. The van der Waals surface area contributed by atoms with Crippen LogP contribution in [-0.2, 0) is 0 Å². The first-order valence-corrected chi connectivity index (χ1v) is 7.00. The molecule has 0 spiro atoms. The zero-order valence-corrected chi connectivity index (χ0v) is 13.0. The Hall–Kier alpha value is -2.24. The van der Waals surface area contributed by atoms with Crippen LogP contribution in [0, 0.1) is 0 Å². The van der Waals surface area contributed by atoms with Gasteiger partial charge in [0.05, 0.1) is 7.11 Å². The quantitative estimate of drug-likeness (QED) is 0.650. The third-order valence-corrected chi connectivity index (χ3v) is 3.36. The highest BCUT2D eigenvalue weighted by Gasteiger charge is 2.13. The molecular formula is C17H20BNO3. The molecule has 0 heterocycles. The SMILES string of the molecule is COc1ccc(/C=C/c2cc(B(O)O)cc(N(C)C)c2)cc1. The van der Waals surface area contributed by atoms with E-state index in [9.17, 15) is 10.0 Å². The normalized spacial score (nSPS) is 10.8. The lowest BCUT2D eigenvalue weighted by molar-refractivity contribution is 0.415. The fourth-order valence-corrected chi connectivity index (χ4v) is 2.07. The van der Waals surface area contributed by atoms with Gasteiger partial charge in [-0.1, -0.05) is 30.4 Å². The minimum atomic E-state index is -1.48. The predicted octanol–water partition coefficient (Wildman–Crippen LogP) is 1.61. The van der Waals surface area contributed by atoms with E-state index in [0.29, 0.717) is 5.46 Å². The van der Waals surface area contributed by atoms with Gasteiger partial charge in [0.1, 0.15) is 5.75 Å². The van der Waals surface area contributed by atoms with Gasteiger partial charge >= 0.3 is 7.12 Å². The van der Waals surface area contributed by atoms with Crippen molar-refractivity contribution in [2.45, 2.75) is 0 Å². The van der Waals surface area contributed by atoms with E-state index in [1.54, 1.807) is 19.2 Å². The largest absolute Gasteiger partial charge is 0.497 e. The van der Waals surface area contributed by atoms with Crippen LogP contribution in [0.1, 0.15) is 11.1 Å². The average molecular weight is 297 g/mol. The van der Waals surface area contributed by atoms with Crippen molar-refractivity contribution < 1.29 is 14.8 Å². The molecule has 0 aliphatic carbocycles. The highest BCUT2D eigenvalue weighted by molar-refractivity contribution is 6.58. The summed E-state index contributed by atoms with van der Waals surface area (Å²) in [6.07, 6.45) is 3.92. The van der Waals surface area contributed by atoms with Gasteiger partial charge in [-0.05, 0) is 40.9 Å². The summed E-state index contributed by atoms with van der Waals surface area (Å²) in [5.74, 6) is 0.817. The molecule has 0 bridgehead atoms. The van der Waals surface area contributed by atoms with Crippen LogP contribution < -0.4 is 15.1 Å². The molecule has 2 rings (SSSR count). The van der Waals surface area contributed by atoms with Gasteiger partial charge in [0.2, 0.25) is 0 Å².